The largest absolute Gasteiger partial charge is 0.336 e. The summed E-state index contributed by atoms with van der Waals surface area (Å²) in [6.07, 6.45) is 0. The van der Waals surface area contributed by atoms with Crippen molar-refractivity contribution in [2.45, 2.75) is 5.25 Å². The average Bonchev–Trinajstić information content (AvgIpc) is 2.14. The van der Waals surface area contributed by atoms with E-state index in [-0.39, 0.29) is 19.0 Å². The van der Waals surface area contributed by atoms with Crippen molar-refractivity contribution in [1.82, 2.24) is 4.90 Å². The van der Waals surface area contributed by atoms with Gasteiger partial charge in [0, 0.05) is 18.7 Å². The van der Waals surface area contributed by atoms with Gasteiger partial charge in [-0.2, -0.15) is 8.42 Å². The zero-order valence-electron chi connectivity index (χ0n) is 8.34. The van der Waals surface area contributed by atoms with Crippen LogP contribution < -0.4 is 0 Å². The van der Waals surface area contributed by atoms with Gasteiger partial charge in [-0.25, -0.2) is 0 Å². The number of amides is 1. The third-order valence-corrected chi connectivity index (χ3v) is 3.65. The van der Waals surface area contributed by atoms with Gasteiger partial charge in [-0.3, -0.25) is 4.79 Å². The number of hydrogen-bond donors (Lipinski definition) is 0. The van der Waals surface area contributed by atoms with E-state index in [0.717, 1.165) is 0 Å². The van der Waals surface area contributed by atoms with E-state index in [1.54, 1.807) is 30.3 Å². The van der Waals surface area contributed by atoms with Crippen molar-refractivity contribution in [3.05, 3.63) is 35.9 Å². The molecule has 1 fully saturated rings. The third-order valence-electron chi connectivity index (χ3n) is 2.55. The van der Waals surface area contributed by atoms with Gasteiger partial charge in [0.2, 0.25) is 0 Å². The number of likely N-dealkylation sites (tertiary alicyclic amines) is 1. The van der Waals surface area contributed by atoms with Crippen molar-refractivity contribution in [3.8, 4) is 0 Å². The summed E-state index contributed by atoms with van der Waals surface area (Å²) in [5.74, 6) is -0.263. The van der Waals surface area contributed by atoms with E-state index >= 15 is 0 Å². The predicted octanol–water partition coefficient (Wildman–Crippen LogP) is 0.810. The molecule has 1 saturated heterocycles. The Bertz CT molecular complexity index is 494. The minimum atomic E-state index is -4.51. The minimum Gasteiger partial charge on any atom is -0.336 e. The van der Waals surface area contributed by atoms with Crippen LogP contribution in [0.2, 0.25) is 0 Å². The zero-order valence-corrected chi connectivity index (χ0v) is 9.15. The van der Waals surface area contributed by atoms with Gasteiger partial charge in [-0.1, -0.05) is 18.2 Å². The van der Waals surface area contributed by atoms with Crippen LogP contribution in [0.4, 0.5) is 3.89 Å². The van der Waals surface area contributed by atoms with Gasteiger partial charge in [0.05, 0.1) is 0 Å². The Hall–Kier alpha value is -1.43. The van der Waals surface area contributed by atoms with E-state index in [4.69, 9.17) is 0 Å². The Morgan fingerprint density at radius 1 is 1.25 bits per heavy atom. The normalized spacial score (nSPS) is 16.9. The first kappa shape index (κ1) is 11.1. The first-order valence-electron chi connectivity index (χ1n) is 4.76. The second-order valence-electron chi connectivity index (χ2n) is 3.67. The van der Waals surface area contributed by atoms with Crippen LogP contribution in [0.25, 0.3) is 0 Å². The monoisotopic (exact) mass is 243 g/mol. The van der Waals surface area contributed by atoms with E-state index in [0.29, 0.717) is 5.56 Å². The van der Waals surface area contributed by atoms with Crippen molar-refractivity contribution < 1.29 is 17.1 Å². The van der Waals surface area contributed by atoms with E-state index < -0.39 is 15.5 Å². The predicted molar refractivity (Wildman–Crippen MR) is 56.2 cm³/mol. The van der Waals surface area contributed by atoms with Crippen molar-refractivity contribution in [3.63, 3.8) is 0 Å². The maximum Gasteiger partial charge on any atom is 0.308 e. The molecule has 1 aliphatic rings. The molecule has 0 bridgehead atoms. The number of hydrogen-bond acceptors (Lipinski definition) is 3. The molecule has 0 spiro atoms. The summed E-state index contributed by atoms with van der Waals surface area (Å²) in [4.78, 5) is 13.0. The fourth-order valence-corrected chi connectivity index (χ4v) is 2.26. The molecule has 2 rings (SSSR count). The smallest absolute Gasteiger partial charge is 0.308 e. The Kier molecular flexibility index (Phi) is 2.67. The molecule has 1 amide bonds. The van der Waals surface area contributed by atoms with E-state index in [1.807, 2.05) is 0 Å². The minimum absolute atomic E-state index is 0.0629. The molecule has 0 aliphatic carbocycles. The number of carbonyl (C=O) groups excluding carboxylic acids is 1. The van der Waals surface area contributed by atoms with E-state index in [9.17, 15) is 17.1 Å². The highest BCUT2D eigenvalue weighted by Gasteiger charge is 2.40. The molecule has 16 heavy (non-hydrogen) atoms. The molecule has 6 heteroatoms. The van der Waals surface area contributed by atoms with E-state index in [1.165, 1.54) is 4.90 Å². The van der Waals surface area contributed by atoms with Crippen molar-refractivity contribution >= 4 is 16.1 Å². The molecule has 1 aliphatic heterocycles. The molecule has 86 valence electrons. The number of benzene rings is 1. The Morgan fingerprint density at radius 3 is 2.31 bits per heavy atom. The highest BCUT2D eigenvalue weighted by atomic mass is 32.3. The molecule has 0 saturated carbocycles. The molecule has 0 radical (unpaired) electrons. The quantitative estimate of drug-likeness (QED) is 0.722. The maximum atomic E-state index is 12.5. The number of halogens is 1. The van der Waals surface area contributed by atoms with Gasteiger partial charge in [-0.05, 0) is 12.1 Å². The van der Waals surface area contributed by atoms with Crippen LogP contribution in [-0.2, 0) is 10.2 Å². The molecular weight excluding hydrogens is 233 g/mol. The summed E-state index contributed by atoms with van der Waals surface area (Å²) in [5.41, 5.74) is 0.484. The van der Waals surface area contributed by atoms with Crippen molar-refractivity contribution in [2.24, 2.45) is 0 Å². The lowest BCUT2D eigenvalue weighted by atomic mass is 10.1. The lowest BCUT2D eigenvalue weighted by molar-refractivity contribution is 0.0656. The van der Waals surface area contributed by atoms with Gasteiger partial charge < -0.3 is 4.90 Å². The first-order chi connectivity index (χ1) is 7.48. The fourth-order valence-electron chi connectivity index (χ4n) is 1.55. The highest BCUT2D eigenvalue weighted by molar-refractivity contribution is 7.87. The van der Waals surface area contributed by atoms with E-state index in [2.05, 4.69) is 0 Å². The van der Waals surface area contributed by atoms with Crippen LogP contribution in [-0.4, -0.2) is 37.6 Å². The number of nitrogens with zero attached hydrogens (tertiary/aromatic N) is 1. The van der Waals surface area contributed by atoms with Crippen LogP contribution in [0, 0.1) is 0 Å². The van der Waals surface area contributed by atoms with Gasteiger partial charge in [0.25, 0.3) is 5.91 Å². The lowest BCUT2D eigenvalue weighted by Crippen LogP contribution is -2.56. The van der Waals surface area contributed by atoms with Crippen molar-refractivity contribution in [1.29, 1.82) is 0 Å². The Balaban J connectivity index is 2.01. The van der Waals surface area contributed by atoms with Crippen LogP contribution >= 0.6 is 0 Å². The van der Waals surface area contributed by atoms with Crippen LogP contribution in [0.5, 0.6) is 0 Å². The second kappa shape index (κ2) is 3.86. The summed E-state index contributed by atoms with van der Waals surface area (Å²) in [6, 6.07) is 8.49. The van der Waals surface area contributed by atoms with Gasteiger partial charge >= 0.3 is 10.2 Å². The van der Waals surface area contributed by atoms with Crippen LogP contribution in [0.1, 0.15) is 10.4 Å². The average molecular weight is 243 g/mol. The topological polar surface area (TPSA) is 54.5 Å². The van der Waals surface area contributed by atoms with Crippen molar-refractivity contribution in [2.75, 3.05) is 13.1 Å². The second-order valence-corrected chi connectivity index (χ2v) is 5.29. The molecule has 1 heterocycles. The number of rotatable bonds is 2. The zero-order chi connectivity index (χ0) is 11.8. The van der Waals surface area contributed by atoms with Crippen LogP contribution in [0.3, 0.4) is 0 Å². The Morgan fingerprint density at radius 2 is 1.81 bits per heavy atom. The standard InChI is InChI=1S/C10H10FNO3S/c11-16(14,15)9-6-12(7-9)10(13)8-4-2-1-3-5-8/h1-5,9H,6-7H2. The van der Waals surface area contributed by atoms with Gasteiger partial charge in [0.1, 0.15) is 5.25 Å². The van der Waals surface area contributed by atoms with Gasteiger partial charge in [0.15, 0.2) is 0 Å². The summed E-state index contributed by atoms with van der Waals surface area (Å²) in [6.45, 7) is -0.126. The first-order valence-corrected chi connectivity index (χ1v) is 6.21. The molecule has 4 nitrogen and oxygen atoms in total. The molecular formula is C10H10FNO3S. The molecule has 0 atom stereocenters. The number of carbonyl (C=O) groups is 1. The highest BCUT2D eigenvalue weighted by Crippen LogP contribution is 2.20. The summed E-state index contributed by atoms with van der Waals surface area (Å²) >= 11 is 0. The van der Waals surface area contributed by atoms with Gasteiger partial charge in [-0.15, -0.1) is 3.89 Å². The molecule has 0 unspecified atom stereocenters. The fraction of sp³-hybridized carbons (Fsp3) is 0.300. The lowest BCUT2D eigenvalue weighted by Gasteiger charge is -2.36. The molecule has 1 aromatic carbocycles. The molecule has 0 N–H and O–H groups in total. The summed E-state index contributed by atoms with van der Waals surface area (Å²) < 4.78 is 33.5. The SMILES string of the molecule is O=C(c1ccccc1)N1CC(S(=O)(=O)F)C1. The summed E-state index contributed by atoms with van der Waals surface area (Å²) in [5, 5.41) is -1.06. The van der Waals surface area contributed by atoms with Crippen LogP contribution in [0.15, 0.2) is 30.3 Å². The maximum absolute atomic E-state index is 12.5. The third kappa shape index (κ3) is 2.06. The molecule has 0 aromatic heterocycles. The summed E-state index contributed by atoms with van der Waals surface area (Å²) in [7, 11) is -4.51. The Labute approximate surface area is 92.9 Å². The molecule has 1 aromatic rings.